The van der Waals surface area contributed by atoms with E-state index in [4.69, 9.17) is 0 Å². The molecule has 2 aliphatic rings. The quantitative estimate of drug-likeness (QED) is 0.744. The molecule has 0 saturated heterocycles. The van der Waals surface area contributed by atoms with Gasteiger partial charge in [-0.15, -0.1) is 0 Å². The Balaban J connectivity index is 1.90. The van der Waals surface area contributed by atoms with Crippen LogP contribution in [0, 0.1) is 11.3 Å². The minimum absolute atomic E-state index is 0.683. The summed E-state index contributed by atoms with van der Waals surface area (Å²) in [4.78, 5) is 0. The van der Waals surface area contributed by atoms with Crippen molar-refractivity contribution in [1.82, 2.24) is 5.32 Å². The smallest absolute Gasteiger partial charge is 0.000490 e. The fourth-order valence-corrected chi connectivity index (χ4v) is 3.96. The molecule has 2 aliphatic carbocycles. The van der Waals surface area contributed by atoms with Gasteiger partial charge in [0.25, 0.3) is 0 Å². The summed E-state index contributed by atoms with van der Waals surface area (Å²) in [6, 6.07) is 0. The summed E-state index contributed by atoms with van der Waals surface area (Å²) in [7, 11) is 2.13. The molecule has 0 amide bonds. The lowest BCUT2D eigenvalue weighted by Crippen LogP contribution is -2.36. The van der Waals surface area contributed by atoms with Crippen LogP contribution < -0.4 is 5.32 Å². The molecule has 0 heterocycles. The third-order valence-corrected chi connectivity index (χ3v) is 4.66. The normalized spacial score (nSPS) is 27.0. The van der Waals surface area contributed by atoms with Gasteiger partial charge in [-0.3, -0.25) is 0 Å². The van der Waals surface area contributed by atoms with Gasteiger partial charge in [0, 0.05) is 6.54 Å². The second-order valence-electron chi connectivity index (χ2n) is 5.95. The summed E-state index contributed by atoms with van der Waals surface area (Å²) >= 11 is 0. The second-order valence-corrected chi connectivity index (χ2v) is 5.95. The highest BCUT2D eigenvalue weighted by Crippen LogP contribution is 2.44. The molecule has 0 atom stereocenters. The average molecular weight is 209 g/mol. The Hall–Kier alpha value is -0.0400. The van der Waals surface area contributed by atoms with E-state index >= 15 is 0 Å². The lowest BCUT2D eigenvalue weighted by atomic mass is 9.68. The highest BCUT2D eigenvalue weighted by molar-refractivity contribution is 4.87. The van der Waals surface area contributed by atoms with Crippen LogP contribution >= 0.6 is 0 Å². The highest BCUT2D eigenvalue weighted by atomic mass is 14.8. The van der Waals surface area contributed by atoms with Gasteiger partial charge in [0.05, 0.1) is 0 Å². The number of hydrogen-bond donors (Lipinski definition) is 1. The minimum atomic E-state index is 0.683. The molecular formula is C14H27N. The molecule has 1 heteroatoms. The Kier molecular flexibility index (Phi) is 4.07. The SMILES string of the molecule is CNCC1(CC2CCCC2)CCCCC1. The zero-order chi connectivity index (χ0) is 10.6. The van der Waals surface area contributed by atoms with Gasteiger partial charge in [0.2, 0.25) is 0 Å². The number of nitrogens with one attached hydrogen (secondary N) is 1. The minimum Gasteiger partial charge on any atom is -0.319 e. The fourth-order valence-electron chi connectivity index (χ4n) is 3.96. The predicted octanol–water partition coefficient (Wildman–Crippen LogP) is 3.74. The summed E-state index contributed by atoms with van der Waals surface area (Å²) in [6.07, 6.45) is 15.0. The van der Waals surface area contributed by atoms with Crippen LogP contribution in [0.5, 0.6) is 0 Å². The van der Waals surface area contributed by atoms with Gasteiger partial charge in [0.1, 0.15) is 0 Å². The molecule has 0 aromatic heterocycles. The molecule has 0 aromatic carbocycles. The first kappa shape index (κ1) is 11.4. The lowest BCUT2D eigenvalue weighted by molar-refractivity contribution is 0.141. The Morgan fingerprint density at radius 1 is 1.00 bits per heavy atom. The Morgan fingerprint density at radius 3 is 2.27 bits per heavy atom. The number of rotatable bonds is 4. The molecule has 0 aromatic rings. The van der Waals surface area contributed by atoms with Gasteiger partial charge in [-0.1, -0.05) is 44.9 Å². The largest absolute Gasteiger partial charge is 0.319 e. The van der Waals surface area contributed by atoms with Crippen molar-refractivity contribution in [1.29, 1.82) is 0 Å². The molecule has 15 heavy (non-hydrogen) atoms. The van der Waals surface area contributed by atoms with Crippen molar-refractivity contribution in [3.63, 3.8) is 0 Å². The summed E-state index contributed by atoms with van der Waals surface area (Å²) in [5.74, 6) is 1.07. The van der Waals surface area contributed by atoms with Gasteiger partial charge in [-0.2, -0.15) is 0 Å². The first-order valence-corrected chi connectivity index (χ1v) is 6.99. The Bertz CT molecular complexity index is 170. The summed E-state index contributed by atoms with van der Waals surface area (Å²) in [5.41, 5.74) is 0.683. The van der Waals surface area contributed by atoms with Crippen molar-refractivity contribution >= 4 is 0 Å². The third kappa shape index (κ3) is 2.96. The summed E-state index contributed by atoms with van der Waals surface area (Å²) in [6.45, 7) is 1.27. The van der Waals surface area contributed by atoms with Gasteiger partial charge in [-0.25, -0.2) is 0 Å². The van der Waals surface area contributed by atoms with Crippen LogP contribution in [0.15, 0.2) is 0 Å². The summed E-state index contributed by atoms with van der Waals surface area (Å²) < 4.78 is 0. The molecule has 0 aliphatic heterocycles. The van der Waals surface area contributed by atoms with Gasteiger partial charge in [-0.05, 0) is 37.6 Å². The van der Waals surface area contributed by atoms with Crippen LogP contribution in [0.2, 0.25) is 0 Å². The maximum absolute atomic E-state index is 3.45. The van der Waals surface area contributed by atoms with Crippen molar-refractivity contribution in [3.05, 3.63) is 0 Å². The first-order valence-electron chi connectivity index (χ1n) is 6.99. The highest BCUT2D eigenvalue weighted by Gasteiger charge is 2.34. The van der Waals surface area contributed by atoms with Gasteiger partial charge < -0.3 is 5.32 Å². The topological polar surface area (TPSA) is 12.0 Å². The first-order chi connectivity index (χ1) is 7.35. The molecule has 1 nitrogen and oxygen atoms in total. The fraction of sp³-hybridized carbons (Fsp3) is 1.00. The van der Waals surface area contributed by atoms with Crippen LogP contribution in [0.1, 0.15) is 64.2 Å². The third-order valence-electron chi connectivity index (χ3n) is 4.66. The van der Waals surface area contributed by atoms with E-state index in [1.165, 1.54) is 70.8 Å². The maximum atomic E-state index is 3.45. The van der Waals surface area contributed by atoms with Crippen LogP contribution in [-0.4, -0.2) is 13.6 Å². The molecule has 0 unspecified atom stereocenters. The maximum Gasteiger partial charge on any atom is 0.000490 e. The molecule has 88 valence electrons. The van der Waals surface area contributed by atoms with E-state index in [1.54, 1.807) is 0 Å². The number of hydrogen-bond acceptors (Lipinski definition) is 1. The van der Waals surface area contributed by atoms with Crippen molar-refractivity contribution in [2.75, 3.05) is 13.6 Å². The van der Waals surface area contributed by atoms with Crippen molar-refractivity contribution in [3.8, 4) is 0 Å². The zero-order valence-electron chi connectivity index (χ0n) is 10.4. The summed E-state index contributed by atoms with van der Waals surface area (Å²) in [5, 5.41) is 3.45. The molecule has 2 saturated carbocycles. The molecule has 0 spiro atoms. The van der Waals surface area contributed by atoms with Crippen LogP contribution in [0.25, 0.3) is 0 Å². The Labute approximate surface area is 95.0 Å². The van der Waals surface area contributed by atoms with E-state index in [0.29, 0.717) is 5.41 Å². The van der Waals surface area contributed by atoms with E-state index in [-0.39, 0.29) is 0 Å². The average Bonchev–Trinajstić information content (AvgIpc) is 2.72. The molecule has 1 N–H and O–H groups in total. The van der Waals surface area contributed by atoms with Crippen molar-refractivity contribution in [2.24, 2.45) is 11.3 Å². The van der Waals surface area contributed by atoms with Crippen LogP contribution in [-0.2, 0) is 0 Å². The molecular weight excluding hydrogens is 182 g/mol. The van der Waals surface area contributed by atoms with E-state index in [1.807, 2.05) is 0 Å². The van der Waals surface area contributed by atoms with E-state index < -0.39 is 0 Å². The molecule has 0 radical (unpaired) electrons. The van der Waals surface area contributed by atoms with Crippen molar-refractivity contribution < 1.29 is 0 Å². The zero-order valence-corrected chi connectivity index (χ0v) is 10.4. The van der Waals surface area contributed by atoms with Gasteiger partial charge >= 0.3 is 0 Å². The molecule has 0 bridgehead atoms. The van der Waals surface area contributed by atoms with E-state index in [9.17, 15) is 0 Å². The van der Waals surface area contributed by atoms with E-state index in [0.717, 1.165) is 5.92 Å². The standard InChI is InChI=1S/C14H27N/c1-15-12-14(9-5-2-6-10-14)11-13-7-3-4-8-13/h13,15H,2-12H2,1H3. The molecule has 2 rings (SSSR count). The predicted molar refractivity (Wildman–Crippen MR) is 66.0 cm³/mol. The molecule has 2 fully saturated rings. The Morgan fingerprint density at radius 2 is 1.67 bits per heavy atom. The van der Waals surface area contributed by atoms with E-state index in [2.05, 4.69) is 12.4 Å². The monoisotopic (exact) mass is 209 g/mol. The van der Waals surface area contributed by atoms with Crippen LogP contribution in [0.3, 0.4) is 0 Å². The van der Waals surface area contributed by atoms with Crippen molar-refractivity contribution in [2.45, 2.75) is 64.2 Å². The van der Waals surface area contributed by atoms with Crippen LogP contribution in [0.4, 0.5) is 0 Å². The second kappa shape index (κ2) is 5.34. The van der Waals surface area contributed by atoms with Gasteiger partial charge in [0.15, 0.2) is 0 Å². The lowest BCUT2D eigenvalue weighted by Gasteiger charge is -2.39.